The summed E-state index contributed by atoms with van der Waals surface area (Å²) in [5, 5.41) is 3.40. The average molecular weight is 288 g/mol. The van der Waals surface area contributed by atoms with Gasteiger partial charge in [0, 0.05) is 12.2 Å². The van der Waals surface area contributed by atoms with Crippen LogP contribution in [0.1, 0.15) is 33.6 Å². The molecule has 1 aromatic heterocycles. The van der Waals surface area contributed by atoms with Crippen molar-refractivity contribution < 1.29 is 4.39 Å². The molecular formula is C14H23ClFN3. The van der Waals surface area contributed by atoms with Gasteiger partial charge >= 0.3 is 0 Å². The molecule has 1 N–H and O–H groups in total. The van der Waals surface area contributed by atoms with Crippen molar-refractivity contribution in [3.63, 3.8) is 0 Å². The van der Waals surface area contributed by atoms with Crippen LogP contribution in [0.2, 0.25) is 5.02 Å². The number of hydrogen-bond donors (Lipinski definition) is 1. The molecule has 0 bridgehead atoms. The van der Waals surface area contributed by atoms with Crippen molar-refractivity contribution in [3.8, 4) is 0 Å². The van der Waals surface area contributed by atoms with Crippen molar-refractivity contribution in [3.05, 3.63) is 23.1 Å². The summed E-state index contributed by atoms with van der Waals surface area (Å²) >= 11 is 5.67. The highest BCUT2D eigenvalue weighted by atomic mass is 35.5. The first-order valence-corrected chi connectivity index (χ1v) is 7.24. The van der Waals surface area contributed by atoms with Gasteiger partial charge in [0.2, 0.25) is 0 Å². The first kappa shape index (κ1) is 16.2. The van der Waals surface area contributed by atoms with Crippen molar-refractivity contribution in [1.82, 2.24) is 9.88 Å². The molecule has 0 aliphatic carbocycles. The third kappa shape index (κ3) is 5.74. The van der Waals surface area contributed by atoms with Crippen LogP contribution in [-0.4, -0.2) is 35.6 Å². The van der Waals surface area contributed by atoms with Crippen LogP contribution < -0.4 is 5.32 Å². The topological polar surface area (TPSA) is 28.2 Å². The molecule has 19 heavy (non-hydrogen) atoms. The molecule has 0 saturated carbocycles. The quantitative estimate of drug-likeness (QED) is 0.788. The Balaban J connectivity index is 2.36. The van der Waals surface area contributed by atoms with Gasteiger partial charge in [0.15, 0.2) is 11.6 Å². The standard InChI is InChI=1S/C14H23ClFN3/c1-4-19(5-2)8-6-7-11(3)18-14-13(16)9-12(15)10-17-14/h9-11H,4-8H2,1-3H3,(H,17,18). The summed E-state index contributed by atoms with van der Waals surface area (Å²) in [6, 6.07) is 1.47. The van der Waals surface area contributed by atoms with Gasteiger partial charge in [0.05, 0.1) is 5.02 Å². The zero-order chi connectivity index (χ0) is 14.3. The third-order valence-corrected chi connectivity index (χ3v) is 3.40. The number of aromatic nitrogens is 1. The molecule has 1 unspecified atom stereocenters. The van der Waals surface area contributed by atoms with E-state index in [4.69, 9.17) is 11.6 Å². The van der Waals surface area contributed by atoms with Crippen LogP contribution in [0.4, 0.5) is 10.2 Å². The van der Waals surface area contributed by atoms with Gasteiger partial charge in [-0.3, -0.25) is 0 Å². The number of nitrogens with zero attached hydrogens (tertiary/aromatic N) is 2. The molecule has 0 aliphatic heterocycles. The Morgan fingerprint density at radius 3 is 2.68 bits per heavy atom. The number of nitrogens with one attached hydrogen (secondary N) is 1. The van der Waals surface area contributed by atoms with Crippen LogP contribution in [0, 0.1) is 5.82 Å². The van der Waals surface area contributed by atoms with E-state index >= 15 is 0 Å². The zero-order valence-electron chi connectivity index (χ0n) is 11.9. The average Bonchev–Trinajstić information content (AvgIpc) is 2.38. The minimum absolute atomic E-state index is 0.193. The monoisotopic (exact) mass is 287 g/mol. The normalized spacial score (nSPS) is 12.7. The predicted octanol–water partition coefficient (Wildman–Crippen LogP) is 3.80. The smallest absolute Gasteiger partial charge is 0.166 e. The summed E-state index contributed by atoms with van der Waals surface area (Å²) in [5.41, 5.74) is 0. The van der Waals surface area contributed by atoms with Crippen LogP contribution in [-0.2, 0) is 0 Å². The first-order valence-electron chi connectivity index (χ1n) is 6.86. The van der Waals surface area contributed by atoms with E-state index in [0.29, 0.717) is 5.02 Å². The van der Waals surface area contributed by atoms with Crippen molar-refractivity contribution in [2.45, 2.75) is 39.7 Å². The number of anilines is 1. The maximum atomic E-state index is 13.6. The third-order valence-electron chi connectivity index (χ3n) is 3.20. The van der Waals surface area contributed by atoms with Crippen molar-refractivity contribution >= 4 is 17.4 Å². The molecule has 0 radical (unpaired) electrons. The lowest BCUT2D eigenvalue weighted by atomic mass is 10.1. The number of halogens is 2. The maximum absolute atomic E-state index is 13.6. The fourth-order valence-corrected chi connectivity index (χ4v) is 2.13. The summed E-state index contributed by atoms with van der Waals surface area (Å²) < 4.78 is 13.6. The lowest BCUT2D eigenvalue weighted by Gasteiger charge is -2.20. The van der Waals surface area contributed by atoms with Crippen LogP contribution >= 0.6 is 11.6 Å². The van der Waals surface area contributed by atoms with E-state index in [1.165, 1.54) is 12.3 Å². The molecule has 5 heteroatoms. The molecule has 0 amide bonds. The minimum Gasteiger partial charge on any atom is -0.365 e. The minimum atomic E-state index is -0.400. The molecule has 1 rings (SSSR count). The van der Waals surface area contributed by atoms with E-state index in [2.05, 4.69) is 29.0 Å². The summed E-state index contributed by atoms with van der Waals surface area (Å²) in [7, 11) is 0. The summed E-state index contributed by atoms with van der Waals surface area (Å²) in [4.78, 5) is 6.35. The Kier molecular flexibility index (Phi) is 7.10. The van der Waals surface area contributed by atoms with Gasteiger partial charge < -0.3 is 10.2 Å². The second-order valence-corrected chi connectivity index (χ2v) is 5.13. The van der Waals surface area contributed by atoms with Crippen molar-refractivity contribution in [1.29, 1.82) is 0 Å². The lowest BCUT2D eigenvalue weighted by Crippen LogP contribution is -2.25. The molecule has 0 aliphatic rings. The summed E-state index contributed by atoms with van der Waals surface area (Å²) in [6.07, 6.45) is 3.53. The first-order chi connectivity index (χ1) is 9.06. The molecule has 1 aromatic rings. The maximum Gasteiger partial charge on any atom is 0.166 e. The number of hydrogen-bond acceptors (Lipinski definition) is 3. The fourth-order valence-electron chi connectivity index (χ4n) is 1.99. The van der Waals surface area contributed by atoms with Gasteiger partial charge in [0.1, 0.15) is 0 Å². The molecule has 1 atom stereocenters. The van der Waals surface area contributed by atoms with Crippen LogP contribution in [0.3, 0.4) is 0 Å². The lowest BCUT2D eigenvalue weighted by molar-refractivity contribution is 0.295. The van der Waals surface area contributed by atoms with Gasteiger partial charge in [-0.1, -0.05) is 25.4 Å². The molecule has 0 spiro atoms. The highest BCUT2D eigenvalue weighted by Crippen LogP contribution is 2.17. The molecule has 108 valence electrons. The second-order valence-electron chi connectivity index (χ2n) is 4.70. The van der Waals surface area contributed by atoms with E-state index < -0.39 is 5.82 Å². The van der Waals surface area contributed by atoms with E-state index in [1.807, 2.05) is 6.92 Å². The molecule has 0 fully saturated rings. The Hall–Kier alpha value is -0.870. The predicted molar refractivity (Wildman–Crippen MR) is 79.3 cm³/mol. The van der Waals surface area contributed by atoms with Gasteiger partial charge in [-0.25, -0.2) is 9.37 Å². The largest absolute Gasteiger partial charge is 0.365 e. The van der Waals surface area contributed by atoms with E-state index in [1.54, 1.807) is 0 Å². The SMILES string of the molecule is CCN(CC)CCCC(C)Nc1ncc(Cl)cc1F. The molecule has 1 heterocycles. The van der Waals surface area contributed by atoms with Gasteiger partial charge in [-0.2, -0.15) is 0 Å². The van der Waals surface area contributed by atoms with Crippen LogP contribution in [0.15, 0.2) is 12.3 Å². The van der Waals surface area contributed by atoms with Gasteiger partial charge in [-0.15, -0.1) is 0 Å². The molecule has 3 nitrogen and oxygen atoms in total. The Bertz CT molecular complexity index is 383. The van der Waals surface area contributed by atoms with Gasteiger partial charge in [0.25, 0.3) is 0 Å². The zero-order valence-corrected chi connectivity index (χ0v) is 12.7. The van der Waals surface area contributed by atoms with Crippen LogP contribution in [0.25, 0.3) is 0 Å². The van der Waals surface area contributed by atoms with Crippen LogP contribution in [0.5, 0.6) is 0 Å². The van der Waals surface area contributed by atoms with Crippen molar-refractivity contribution in [2.75, 3.05) is 25.0 Å². The van der Waals surface area contributed by atoms with E-state index in [-0.39, 0.29) is 11.9 Å². The summed E-state index contributed by atoms with van der Waals surface area (Å²) in [5.74, 6) is -0.122. The summed E-state index contributed by atoms with van der Waals surface area (Å²) in [6.45, 7) is 9.60. The number of rotatable bonds is 8. The molecule has 0 aromatic carbocycles. The van der Waals surface area contributed by atoms with E-state index in [0.717, 1.165) is 32.5 Å². The Labute approximate surface area is 120 Å². The van der Waals surface area contributed by atoms with E-state index in [9.17, 15) is 4.39 Å². The Morgan fingerprint density at radius 2 is 2.11 bits per heavy atom. The highest BCUT2D eigenvalue weighted by molar-refractivity contribution is 6.30. The Morgan fingerprint density at radius 1 is 1.42 bits per heavy atom. The van der Waals surface area contributed by atoms with Crippen molar-refractivity contribution in [2.24, 2.45) is 0 Å². The fraction of sp³-hybridized carbons (Fsp3) is 0.643. The molecule has 0 saturated heterocycles. The second kappa shape index (κ2) is 8.33. The number of pyridine rings is 1. The van der Waals surface area contributed by atoms with Gasteiger partial charge in [-0.05, 0) is 45.5 Å². The molecular weight excluding hydrogens is 265 g/mol. The highest BCUT2D eigenvalue weighted by Gasteiger charge is 2.09.